The van der Waals surface area contributed by atoms with E-state index in [2.05, 4.69) is 43.1 Å². The molecule has 0 rings (SSSR count). The summed E-state index contributed by atoms with van der Waals surface area (Å²) in [4.78, 5) is 2.09. The average Bonchev–Trinajstić information content (AvgIpc) is 2.49. The molecule has 0 saturated heterocycles. The summed E-state index contributed by atoms with van der Waals surface area (Å²) < 4.78 is 0. The van der Waals surface area contributed by atoms with E-state index in [0.29, 0.717) is 0 Å². The molecule has 2 nitrogen and oxygen atoms in total. The lowest BCUT2D eigenvalue weighted by molar-refractivity contribution is 0.510. The number of hydrogen-bond acceptors (Lipinski definition) is 2. The molecule has 0 radical (unpaired) electrons. The second-order valence-electron chi connectivity index (χ2n) is 4.77. The molecule has 0 spiro atoms. The Bertz CT molecular complexity index is 507. The number of nitrogens with two attached hydrogens (primary N) is 1. The largest absolute Gasteiger partial charge is 0.402 e. The van der Waals surface area contributed by atoms with E-state index in [9.17, 15) is 0 Å². The van der Waals surface area contributed by atoms with E-state index in [0.717, 1.165) is 29.0 Å². The van der Waals surface area contributed by atoms with E-state index >= 15 is 0 Å². The van der Waals surface area contributed by atoms with Gasteiger partial charge in [-0.2, -0.15) is 0 Å². The molecule has 22 heavy (non-hydrogen) atoms. The molecule has 0 aromatic carbocycles. The third-order valence-electron chi connectivity index (χ3n) is 3.12. The lowest BCUT2D eigenvalue weighted by Crippen LogP contribution is -2.14. The maximum atomic E-state index is 5.81. The average molecular weight is 298 g/mol. The Morgan fingerprint density at radius 1 is 1.14 bits per heavy atom. The Morgan fingerprint density at radius 3 is 2.00 bits per heavy atom. The lowest BCUT2D eigenvalue weighted by atomic mass is 10.0. The molecule has 0 aromatic heterocycles. The molecule has 0 aliphatic carbocycles. The molecule has 0 unspecified atom stereocenters. The molecule has 0 aliphatic rings. The highest BCUT2D eigenvalue weighted by Gasteiger charge is 2.04. The van der Waals surface area contributed by atoms with E-state index in [1.165, 1.54) is 5.70 Å². The monoisotopic (exact) mass is 298 g/mol. The minimum atomic E-state index is 0.785. The maximum absolute atomic E-state index is 5.81. The smallest absolute Gasteiger partial charge is 0.0168 e. The van der Waals surface area contributed by atoms with Crippen LogP contribution in [0, 0.1) is 12.8 Å². The quantitative estimate of drug-likeness (QED) is 0.534. The van der Waals surface area contributed by atoms with Gasteiger partial charge in [-0.3, -0.25) is 0 Å². The summed E-state index contributed by atoms with van der Waals surface area (Å²) in [7, 11) is 2.03. The highest BCUT2D eigenvalue weighted by molar-refractivity contribution is 5.46. The summed E-state index contributed by atoms with van der Waals surface area (Å²) in [6.07, 6.45) is 19.0. The topological polar surface area (TPSA) is 29.3 Å². The second-order valence-corrected chi connectivity index (χ2v) is 4.77. The van der Waals surface area contributed by atoms with Crippen LogP contribution in [0.2, 0.25) is 0 Å². The molecule has 2 heteroatoms. The molecular weight excluding hydrogens is 268 g/mol. The molecule has 0 heterocycles. The van der Waals surface area contributed by atoms with E-state index in [4.69, 9.17) is 5.73 Å². The van der Waals surface area contributed by atoms with Gasteiger partial charge in [0.1, 0.15) is 0 Å². The van der Waals surface area contributed by atoms with Gasteiger partial charge < -0.3 is 10.6 Å². The first-order chi connectivity index (χ1) is 10.4. The molecule has 0 aromatic rings. The van der Waals surface area contributed by atoms with Gasteiger partial charge in [0.15, 0.2) is 0 Å². The van der Waals surface area contributed by atoms with Gasteiger partial charge >= 0.3 is 0 Å². The summed E-state index contributed by atoms with van der Waals surface area (Å²) in [5.74, 6) is 0. The molecule has 0 amide bonds. The molecule has 120 valence electrons. The van der Waals surface area contributed by atoms with Gasteiger partial charge in [0.2, 0.25) is 0 Å². The van der Waals surface area contributed by atoms with Gasteiger partial charge in [0.25, 0.3) is 0 Å². The van der Waals surface area contributed by atoms with E-state index < -0.39 is 0 Å². The zero-order valence-corrected chi connectivity index (χ0v) is 14.7. The van der Waals surface area contributed by atoms with Crippen molar-refractivity contribution >= 4 is 0 Å². The van der Waals surface area contributed by atoms with Crippen LogP contribution in [0.5, 0.6) is 0 Å². The molecule has 2 N–H and O–H groups in total. The number of allylic oxidation sites excluding steroid dienone is 9. The normalized spacial score (nSPS) is 13.0. The Balaban J connectivity index is 0. The van der Waals surface area contributed by atoms with Crippen LogP contribution in [0.4, 0.5) is 0 Å². The molecule has 0 fully saturated rings. The lowest BCUT2D eigenvalue weighted by Gasteiger charge is -2.22. The van der Waals surface area contributed by atoms with Crippen LogP contribution in [0.3, 0.4) is 0 Å². The molecule has 0 atom stereocenters. The van der Waals surface area contributed by atoms with Crippen molar-refractivity contribution in [3.05, 3.63) is 71.8 Å². The summed E-state index contributed by atoms with van der Waals surface area (Å²) >= 11 is 0. The highest BCUT2D eigenvalue weighted by Crippen LogP contribution is 2.19. The second kappa shape index (κ2) is 12.3. The zero-order valence-electron chi connectivity index (χ0n) is 14.7. The van der Waals surface area contributed by atoms with Crippen LogP contribution in [-0.2, 0) is 0 Å². The van der Waals surface area contributed by atoms with Gasteiger partial charge in [-0.05, 0) is 44.9 Å². The highest BCUT2D eigenvalue weighted by atomic mass is 15.1. The fourth-order valence-corrected chi connectivity index (χ4v) is 1.82. The fourth-order valence-electron chi connectivity index (χ4n) is 1.82. The van der Waals surface area contributed by atoms with Gasteiger partial charge in [-0.15, -0.1) is 12.8 Å². The Labute approximate surface area is 137 Å². The van der Waals surface area contributed by atoms with Crippen molar-refractivity contribution in [3.8, 4) is 12.8 Å². The predicted octanol–water partition coefficient (Wildman–Crippen LogP) is 4.92. The Hall–Kier alpha value is -2.40. The van der Waals surface area contributed by atoms with Crippen molar-refractivity contribution in [1.82, 2.24) is 4.90 Å². The van der Waals surface area contributed by atoms with Crippen LogP contribution in [0.25, 0.3) is 0 Å². The number of nitrogens with zero attached hydrogens (tertiary/aromatic N) is 1. The third-order valence-corrected chi connectivity index (χ3v) is 3.12. The van der Waals surface area contributed by atoms with E-state index in [1.54, 1.807) is 0 Å². The zero-order chi connectivity index (χ0) is 17.7. The van der Waals surface area contributed by atoms with E-state index in [1.807, 2.05) is 53.0 Å². The van der Waals surface area contributed by atoms with Crippen LogP contribution in [0.15, 0.2) is 71.8 Å². The SMILES string of the molecule is C#C.C=CC(=C/C)/C(=C\C/C(=C/C)N(C)C(=C)C)/C=C(\C)N. The first kappa shape index (κ1) is 21.9. The summed E-state index contributed by atoms with van der Waals surface area (Å²) in [6, 6.07) is 0. The first-order valence-electron chi connectivity index (χ1n) is 7.18. The number of hydrogen-bond donors (Lipinski definition) is 1. The van der Waals surface area contributed by atoms with Gasteiger partial charge in [-0.1, -0.05) is 37.5 Å². The van der Waals surface area contributed by atoms with Crippen molar-refractivity contribution in [3.63, 3.8) is 0 Å². The molecule has 0 saturated carbocycles. The molecule has 0 bridgehead atoms. The van der Waals surface area contributed by atoms with Gasteiger partial charge in [-0.25, -0.2) is 0 Å². The number of terminal acetylenes is 1. The number of rotatable bonds is 7. The van der Waals surface area contributed by atoms with Crippen LogP contribution < -0.4 is 5.73 Å². The molecular formula is C20H30N2. The van der Waals surface area contributed by atoms with Crippen molar-refractivity contribution in [2.24, 2.45) is 5.73 Å². The summed E-state index contributed by atoms with van der Waals surface area (Å²) in [5, 5.41) is 0. The van der Waals surface area contributed by atoms with Crippen LogP contribution in [0.1, 0.15) is 34.1 Å². The standard InChI is InChI=1S/C18H28N2.C2H2/c1-8-16(9-2)17(13-15(6)19)11-12-18(10-3)20(7)14(4)5;1-2/h8-11,13H,1,4,12,19H2,2-3,5-7H3;1-2H/b15-13+,16-9-,17-11-,18-10-;. The van der Waals surface area contributed by atoms with Crippen molar-refractivity contribution < 1.29 is 0 Å². The van der Waals surface area contributed by atoms with Crippen LogP contribution >= 0.6 is 0 Å². The summed E-state index contributed by atoms with van der Waals surface area (Å²) in [6.45, 7) is 15.8. The Morgan fingerprint density at radius 2 is 1.68 bits per heavy atom. The summed E-state index contributed by atoms with van der Waals surface area (Å²) in [5.41, 5.74) is 11.0. The van der Waals surface area contributed by atoms with Crippen molar-refractivity contribution in [2.45, 2.75) is 34.1 Å². The fraction of sp³-hybridized carbons (Fsp3) is 0.300. The minimum absolute atomic E-state index is 0.785. The Kier molecular flexibility index (Phi) is 12.3. The molecule has 0 aliphatic heterocycles. The maximum Gasteiger partial charge on any atom is 0.0168 e. The van der Waals surface area contributed by atoms with Crippen molar-refractivity contribution in [2.75, 3.05) is 7.05 Å². The van der Waals surface area contributed by atoms with Crippen LogP contribution in [-0.4, -0.2) is 11.9 Å². The third kappa shape index (κ3) is 8.01. The van der Waals surface area contributed by atoms with Gasteiger partial charge in [0, 0.05) is 30.6 Å². The van der Waals surface area contributed by atoms with Crippen molar-refractivity contribution in [1.29, 1.82) is 0 Å². The minimum Gasteiger partial charge on any atom is -0.402 e. The predicted molar refractivity (Wildman–Crippen MR) is 101 cm³/mol. The van der Waals surface area contributed by atoms with E-state index in [-0.39, 0.29) is 0 Å². The first-order valence-corrected chi connectivity index (χ1v) is 7.18. The van der Waals surface area contributed by atoms with Gasteiger partial charge in [0.05, 0.1) is 0 Å².